The van der Waals surface area contributed by atoms with Crippen molar-refractivity contribution in [3.05, 3.63) is 0 Å². The Bertz CT molecular complexity index is 173. The van der Waals surface area contributed by atoms with Gasteiger partial charge in [-0.05, 0) is 0 Å². The molecule has 0 amide bonds. The Kier molecular flexibility index (Phi) is 4.12. The van der Waals surface area contributed by atoms with E-state index >= 15 is 0 Å². The molecule has 0 saturated heterocycles. The molecule has 0 fully saturated rings. The standard InChI is InChI=1S/C6H12O6/c7-1-3(9)5(11)6(12)4(10)2-8/h1,3-6,8-12H,2H2/i5T. The lowest BCUT2D eigenvalue weighted by Crippen LogP contribution is -2.46. The lowest BCUT2D eigenvalue weighted by atomic mass is 10.0. The second-order valence-corrected chi connectivity index (χ2v) is 2.20. The van der Waals surface area contributed by atoms with E-state index in [1.165, 1.54) is 0 Å². The quantitative estimate of drug-likeness (QED) is 0.283. The second-order valence-electron chi connectivity index (χ2n) is 2.20. The monoisotopic (exact) mass is 182 g/mol. The number of hydrogen-bond donors (Lipinski definition) is 5. The van der Waals surface area contributed by atoms with Gasteiger partial charge in [-0.15, -0.1) is 0 Å². The van der Waals surface area contributed by atoms with Crippen LogP contribution in [-0.4, -0.2) is 62.8 Å². The molecule has 0 aromatic heterocycles. The second kappa shape index (κ2) is 5.18. The summed E-state index contributed by atoms with van der Waals surface area (Å²) in [6, 6.07) is 0. The molecule has 4 unspecified atom stereocenters. The van der Waals surface area contributed by atoms with Crippen molar-refractivity contribution in [2.24, 2.45) is 0 Å². The normalized spacial score (nSPS) is 24.9. The maximum Gasteiger partial charge on any atom is 0.151 e. The highest BCUT2D eigenvalue weighted by Crippen LogP contribution is 2.02. The maximum atomic E-state index is 9.98. The predicted octanol–water partition coefficient (Wildman–Crippen LogP) is -3.38. The molecule has 0 rings (SSSR count). The van der Waals surface area contributed by atoms with Gasteiger partial charge < -0.3 is 30.3 Å². The van der Waals surface area contributed by atoms with Crippen LogP contribution in [0.5, 0.6) is 0 Å². The smallest absolute Gasteiger partial charge is 0.151 e. The molecule has 5 N–H and O–H groups in total. The summed E-state index contributed by atoms with van der Waals surface area (Å²) in [7, 11) is 0. The van der Waals surface area contributed by atoms with Gasteiger partial charge in [0.1, 0.15) is 24.4 Å². The van der Waals surface area contributed by atoms with Crippen LogP contribution in [0.1, 0.15) is 1.37 Å². The minimum Gasteiger partial charge on any atom is -0.394 e. The number of aldehydes is 1. The highest BCUT2D eigenvalue weighted by molar-refractivity contribution is 5.56. The van der Waals surface area contributed by atoms with Crippen molar-refractivity contribution in [3.8, 4) is 0 Å². The fourth-order valence-electron chi connectivity index (χ4n) is 0.542. The third-order valence-electron chi connectivity index (χ3n) is 1.29. The first-order chi connectivity index (χ1) is 5.87. The summed E-state index contributed by atoms with van der Waals surface area (Å²) in [6.07, 6.45) is -9.15. The summed E-state index contributed by atoms with van der Waals surface area (Å²) < 4.78 is 6.93. The van der Waals surface area contributed by atoms with Crippen LogP contribution in [0.4, 0.5) is 0 Å². The fourth-order valence-corrected chi connectivity index (χ4v) is 0.542. The van der Waals surface area contributed by atoms with Gasteiger partial charge in [-0.2, -0.15) is 0 Å². The van der Waals surface area contributed by atoms with Crippen molar-refractivity contribution in [3.63, 3.8) is 0 Å². The number of hydrogen-bond acceptors (Lipinski definition) is 6. The minimum absolute atomic E-state index is 0.152. The largest absolute Gasteiger partial charge is 0.394 e. The molecule has 12 heavy (non-hydrogen) atoms. The van der Waals surface area contributed by atoms with E-state index < -0.39 is 31.0 Å². The van der Waals surface area contributed by atoms with Gasteiger partial charge in [0.15, 0.2) is 6.29 Å². The molecule has 6 heteroatoms. The number of rotatable bonds is 5. The minimum atomic E-state index is -2.93. The zero-order chi connectivity index (χ0) is 10.6. The lowest BCUT2D eigenvalue weighted by Gasteiger charge is -2.22. The van der Waals surface area contributed by atoms with E-state index in [4.69, 9.17) is 26.9 Å². The van der Waals surface area contributed by atoms with Crippen LogP contribution in [0.25, 0.3) is 0 Å². The summed E-state index contributed by atoms with van der Waals surface area (Å²) in [5.74, 6) is 0. The summed E-state index contributed by atoms with van der Waals surface area (Å²) in [4.78, 5) is 9.98. The van der Waals surface area contributed by atoms with Crippen LogP contribution in [0, 0.1) is 0 Å². The molecule has 0 saturated carbocycles. The first-order valence-corrected chi connectivity index (χ1v) is 3.20. The number of carbonyl (C=O) groups is 1. The Morgan fingerprint density at radius 2 is 1.83 bits per heavy atom. The molecule has 6 nitrogen and oxygen atoms in total. The van der Waals surface area contributed by atoms with Crippen LogP contribution in [0.15, 0.2) is 0 Å². The van der Waals surface area contributed by atoms with Crippen LogP contribution in [-0.2, 0) is 4.79 Å². The first-order valence-electron chi connectivity index (χ1n) is 3.70. The highest BCUT2D eigenvalue weighted by atomic mass is 16.4. The average Bonchev–Trinajstić information content (AvgIpc) is 2.13. The van der Waals surface area contributed by atoms with Crippen LogP contribution in [0.2, 0.25) is 0 Å². The first kappa shape index (κ1) is 9.56. The number of carbonyl (C=O) groups excluding carboxylic acids is 1. The van der Waals surface area contributed by atoms with Gasteiger partial charge in [-0.1, -0.05) is 0 Å². The molecule has 0 aliphatic carbocycles. The molecule has 0 spiro atoms. The molecule has 0 aromatic rings. The van der Waals surface area contributed by atoms with Crippen molar-refractivity contribution in [2.75, 3.05) is 6.61 Å². The summed E-state index contributed by atoms with van der Waals surface area (Å²) in [5.41, 5.74) is 0. The Morgan fingerprint density at radius 1 is 1.33 bits per heavy atom. The number of aliphatic hydroxyl groups is 5. The lowest BCUT2D eigenvalue weighted by molar-refractivity contribution is -0.136. The van der Waals surface area contributed by atoms with Gasteiger partial charge in [0, 0.05) is 0 Å². The van der Waals surface area contributed by atoms with E-state index in [2.05, 4.69) is 0 Å². The Labute approximate surface area is 70.1 Å². The van der Waals surface area contributed by atoms with Crippen molar-refractivity contribution in [1.29, 1.82) is 0 Å². The van der Waals surface area contributed by atoms with Crippen LogP contribution < -0.4 is 0 Å². The van der Waals surface area contributed by atoms with Crippen molar-refractivity contribution < 1.29 is 31.7 Å². The van der Waals surface area contributed by atoms with Gasteiger partial charge in [0.2, 0.25) is 0 Å². The highest BCUT2D eigenvalue weighted by Gasteiger charge is 2.29. The molecule has 0 bridgehead atoms. The average molecular weight is 182 g/mol. The SMILES string of the molecule is [3H]C(O)(C(O)C=O)C(O)C(O)CO. The third kappa shape index (κ3) is 2.84. The molecule has 0 aliphatic heterocycles. The molecular weight excluding hydrogens is 168 g/mol. The maximum absolute atomic E-state index is 9.98. The Balaban J connectivity index is 4.51. The molecule has 0 aromatic carbocycles. The van der Waals surface area contributed by atoms with E-state index in [-0.39, 0.29) is 6.29 Å². The molecule has 0 radical (unpaired) electrons. The molecule has 4 atom stereocenters. The van der Waals surface area contributed by atoms with E-state index in [9.17, 15) is 4.79 Å². The van der Waals surface area contributed by atoms with Gasteiger partial charge in [-0.3, -0.25) is 0 Å². The Morgan fingerprint density at radius 3 is 2.17 bits per heavy atom. The van der Waals surface area contributed by atoms with Gasteiger partial charge >= 0.3 is 0 Å². The Hall–Kier alpha value is -0.530. The van der Waals surface area contributed by atoms with E-state index in [1.54, 1.807) is 0 Å². The van der Waals surface area contributed by atoms with Gasteiger partial charge in [0.05, 0.1) is 7.98 Å². The molecule has 0 heterocycles. The zero-order valence-electron chi connectivity index (χ0n) is 7.16. The van der Waals surface area contributed by atoms with E-state index in [0.29, 0.717) is 0 Å². The van der Waals surface area contributed by atoms with Crippen molar-refractivity contribution in [2.45, 2.75) is 24.4 Å². The number of aliphatic hydroxyl groups excluding tert-OH is 4. The summed E-state index contributed by atoms with van der Waals surface area (Å²) in [6.45, 7) is -0.895. The molecule has 0 aliphatic rings. The van der Waals surface area contributed by atoms with Gasteiger partial charge in [-0.25, -0.2) is 0 Å². The molecular formula is C6H12O6. The summed E-state index contributed by atoms with van der Waals surface area (Å²) in [5, 5.41) is 43.9. The van der Waals surface area contributed by atoms with Crippen molar-refractivity contribution >= 4 is 6.29 Å². The van der Waals surface area contributed by atoms with E-state index in [0.717, 1.165) is 0 Å². The van der Waals surface area contributed by atoms with Crippen LogP contribution >= 0.6 is 0 Å². The van der Waals surface area contributed by atoms with Crippen LogP contribution in [0.3, 0.4) is 0 Å². The molecule has 72 valence electrons. The third-order valence-corrected chi connectivity index (χ3v) is 1.29. The topological polar surface area (TPSA) is 118 Å². The predicted molar refractivity (Wildman–Crippen MR) is 37.2 cm³/mol. The van der Waals surface area contributed by atoms with Crippen molar-refractivity contribution in [1.82, 2.24) is 0 Å². The fraction of sp³-hybridized carbons (Fsp3) is 0.833. The summed E-state index contributed by atoms with van der Waals surface area (Å²) >= 11 is 0. The zero-order valence-corrected chi connectivity index (χ0v) is 6.16. The van der Waals surface area contributed by atoms with Gasteiger partial charge in [0.25, 0.3) is 0 Å². The van der Waals surface area contributed by atoms with E-state index in [1.807, 2.05) is 0 Å².